The Bertz CT molecular complexity index is 531. The molecule has 0 unspecified atom stereocenters. The molecule has 0 aromatic carbocycles. The predicted octanol–water partition coefficient (Wildman–Crippen LogP) is -1.37. The Labute approximate surface area is 96.4 Å². The Morgan fingerprint density at radius 2 is 2.18 bits per heavy atom. The number of carbonyl (C=O) groups is 1. The number of aromatic nitrogens is 2. The van der Waals surface area contributed by atoms with E-state index in [1.807, 2.05) is 0 Å². The van der Waals surface area contributed by atoms with Crippen LogP contribution < -0.4 is 22.3 Å². The molecule has 1 aromatic heterocycles. The van der Waals surface area contributed by atoms with Crippen molar-refractivity contribution in [1.82, 2.24) is 9.55 Å². The van der Waals surface area contributed by atoms with E-state index >= 15 is 0 Å². The van der Waals surface area contributed by atoms with Crippen LogP contribution in [0.15, 0.2) is 9.59 Å². The van der Waals surface area contributed by atoms with Crippen LogP contribution in [0.1, 0.15) is 6.42 Å². The largest absolute Gasteiger partial charge is 0.384 e. The lowest BCUT2D eigenvalue weighted by Crippen LogP contribution is -2.36. The number of hydrogen-bond acceptors (Lipinski definition) is 5. The van der Waals surface area contributed by atoms with Crippen LogP contribution in [0, 0.1) is 0 Å². The Hall–Kier alpha value is -2.09. The van der Waals surface area contributed by atoms with Crippen LogP contribution in [-0.4, -0.2) is 29.2 Å². The van der Waals surface area contributed by atoms with Crippen LogP contribution in [0.4, 0.5) is 11.5 Å². The fourth-order valence-corrected chi connectivity index (χ4v) is 1.15. The normalized spacial score (nSPS) is 10.2. The minimum atomic E-state index is -0.656. The molecule has 1 amide bonds. The number of nitrogens with zero attached hydrogens (tertiary/aromatic N) is 1. The summed E-state index contributed by atoms with van der Waals surface area (Å²) in [5, 5.41) is 2.33. The number of anilines is 2. The number of hydrogen-bond donors (Lipinski definition) is 3. The Morgan fingerprint density at radius 3 is 2.76 bits per heavy atom. The van der Waals surface area contributed by atoms with Crippen molar-refractivity contribution in [3.63, 3.8) is 0 Å². The van der Waals surface area contributed by atoms with Crippen LogP contribution >= 0.6 is 0 Å². The van der Waals surface area contributed by atoms with E-state index in [1.54, 1.807) is 0 Å². The fraction of sp³-hybridized carbons (Fsp3) is 0.444. The van der Waals surface area contributed by atoms with E-state index in [-0.39, 0.29) is 24.5 Å². The fourth-order valence-electron chi connectivity index (χ4n) is 1.15. The first-order valence-corrected chi connectivity index (χ1v) is 4.85. The second kappa shape index (κ2) is 5.30. The molecule has 0 radical (unpaired) electrons. The maximum absolute atomic E-state index is 11.6. The number of H-pyrrole nitrogens is 1. The van der Waals surface area contributed by atoms with Gasteiger partial charge in [0.1, 0.15) is 11.5 Å². The van der Waals surface area contributed by atoms with E-state index in [2.05, 4.69) is 10.3 Å². The summed E-state index contributed by atoms with van der Waals surface area (Å²) >= 11 is 0. The lowest BCUT2D eigenvalue weighted by atomic mass is 10.4. The average Bonchev–Trinajstić information content (AvgIpc) is 2.29. The lowest BCUT2D eigenvalue weighted by Gasteiger charge is -2.08. The van der Waals surface area contributed by atoms with Crippen LogP contribution in [0.5, 0.6) is 0 Å². The maximum atomic E-state index is 11.6. The molecule has 8 heteroatoms. The van der Waals surface area contributed by atoms with Crippen LogP contribution in [0.2, 0.25) is 0 Å². The number of aromatic amines is 1. The highest BCUT2D eigenvalue weighted by molar-refractivity contribution is 5.92. The molecule has 1 aromatic rings. The summed E-state index contributed by atoms with van der Waals surface area (Å²) in [6.45, 7) is 0.232. The van der Waals surface area contributed by atoms with Gasteiger partial charge in [-0.1, -0.05) is 0 Å². The van der Waals surface area contributed by atoms with Gasteiger partial charge in [-0.15, -0.1) is 0 Å². The second-order valence-corrected chi connectivity index (χ2v) is 3.37. The van der Waals surface area contributed by atoms with Crippen molar-refractivity contribution in [1.29, 1.82) is 0 Å². The van der Waals surface area contributed by atoms with Crippen molar-refractivity contribution in [3.05, 3.63) is 20.8 Å². The van der Waals surface area contributed by atoms with Crippen molar-refractivity contribution in [3.8, 4) is 0 Å². The second-order valence-electron chi connectivity index (χ2n) is 3.37. The first kappa shape index (κ1) is 13.0. The first-order valence-electron chi connectivity index (χ1n) is 4.85. The minimum absolute atomic E-state index is 0.0955. The number of nitrogens with two attached hydrogens (primary N) is 1. The molecule has 0 aliphatic rings. The molecule has 1 rings (SSSR count). The standard InChI is InChI=1S/C9H14N4O4/c1-13-8(15)6(7(10)12-9(13)16)11-5(14)3-4-17-2/h3-4,10H2,1-2H3,(H,11,14)(H,12,16). The van der Waals surface area contributed by atoms with E-state index in [0.717, 1.165) is 4.57 Å². The number of nitrogens with one attached hydrogen (secondary N) is 2. The first-order chi connectivity index (χ1) is 7.97. The van der Waals surface area contributed by atoms with Gasteiger partial charge in [0.05, 0.1) is 13.0 Å². The third kappa shape index (κ3) is 2.94. The van der Waals surface area contributed by atoms with Gasteiger partial charge in [0, 0.05) is 14.2 Å². The number of amides is 1. The zero-order chi connectivity index (χ0) is 13.0. The highest BCUT2D eigenvalue weighted by atomic mass is 16.5. The summed E-state index contributed by atoms with van der Waals surface area (Å²) < 4.78 is 5.54. The molecule has 8 nitrogen and oxygen atoms in total. The third-order valence-electron chi connectivity index (χ3n) is 2.13. The van der Waals surface area contributed by atoms with E-state index in [1.165, 1.54) is 14.2 Å². The van der Waals surface area contributed by atoms with E-state index in [9.17, 15) is 14.4 Å². The van der Waals surface area contributed by atoms with Gasteiger partial charge in [0.2, 0.25) is 5.91 Å². The van der Waals surface area contributed by atoms with Crippen LogP contribution in [0.3, 0.4) is 0 Å². The molecule has 0 aliphatic carbocycles. The Kier molecular flexibility index (Phi) is 4.05. The highest BCUT2D eigenvalue weighted by Gasteiger charge is 2.12. The van der Waals surface area contributed by atoms with E-state index < -0.39 is 17.2 Å². The number of nitrogen functional groups attached to an aromatic ring is 1. The van der Waals surface area contributed by atoms with Crippen molar-refractivity contribution in [2.24, 2.45) is 7.05 Å². The van der Waals surface area contributed by atoms with Crippen molar-refractivity contribution >= 4 is 17.4 Å². The summed E-state index contributed by atoms with van der Waals surface area (Å²) in [5.74, 6) is -0.577. The smallest absolute Gasteiger partial charge is 0.329 e. The minimum Gasteiger partial charge on any atom is -0.384 e. The number of methoxy groups -OCH3 is 1. The summed E-state index contributed by atoms with van der Waals surface area (Å²) in [4.78, 5) is 36.4. The molecule has 0 saturated heterocycles. The molecule has 1 heterocycles. The summed E-state index contributed by atoms with van der Waals surface area (Å²) in [5.41, 5.74) is 4.03. The number of rotatable bonds is 4. The van der Waals surface area contributed by atoms with Gasteiger partial charge in [-0.2, -0.15) is 0 Å². The highest BCUT2D eigenvalue weighted by Crippen LogP contribution is 2.06. The average molecular weight is 242 g/mol. The van der Waals surface area contributed by atoms with Crippen molar-refractivity contribution < 1.29 is 9.53 Å². The number of carbonyl (C=O) groups excluding carboxylic acids is 1. The topological polar surface area (TPSA) is 119 Å². The SMILES string of the molecule is COCCC(=O)Nc1c(N)[nH]c(=O)n(C)c1=O. The van der Waals surface area contributed by atoms with Gasteiger partial charge in [-0.05, 0) is 0 Å². The molecular weight excluding hydrogens is 228 g/mol. The molecule has 0 fully saturated rings. The molecule has 0 spiro atoms. The molecule has 17 heavy (non-hydrogen) atoms. The third-order valence-corrected chi connectivity index (χ3v) is 2.13. The van der Waals surface area contributed by atoms with Crippen molar-refractivity contribution in [2.75, 3.05) is 24.8 Å². The monoisotopic (exact) mass is 242 g/mol. The predicted molar refractivity (Wildman–Crippen MR) is 61.8 cm³/mol. The molecule has 0 saturated carbocycles. The molecular formula is C9H14N4O4. The molecule has 0 atom stereocenters. The van der Waals surface area contributed by atoms with E-state index in [4.69, 9.17) is 10.5 Å². The van der Waals surface area contributed by atoms with Gasteiger partial charge in [-0.25, -0.2) is 4.79 Å². The lowest BCUT2D eigenvalue weighted by molar-refractivity contribution is -0.117. The summed E-state index contributed by atoms with van der Waals surface area (Å²) in [6, 6.07) is 0. The van der Waals surface area contributed by atoms with Crippen molar-refractivity contribution in [2.45, 2.75) is 6.42 Å². The van der Waals surface area contributed by atoms with Gasteiger partial charge in [0.25, 0.3) is 5.56 Å². The Morgan fingerprint density at radius 1 is 1.53 bits per heavy atom. The maximum Gasteiger partial charge on any atom is 0.329 e. The van der Waals surface area contributed by atoms with Gasteiger partial charge < -0.3 is 15.8 Å². The number of ether oxygens (including phenoxy) is 1. The molecule has 4 N–H and O–H groups in total. The van der Waals surface area contributed by atoms with Crippen LogP contribution in [0.25, 0.3) is 0 Å². The zero-order valence-corrected chi connectivity index (χ0v) is 9.57. The van der Waals surface area contributed by atoms with Gasteiger partial charge in [0.15, 0.2) is 0 Å². The summed E-state index contributed by atoms with van der Waals surface area (Å²) in [6.07, 6.45) is 0.0955. The van der Waals surface area contributed by atoms with Gasteiger partial charge in [-0.3, -0.25) is 19.1 Å². The van der Waals surface area contributed by atoms with Gasteiger partial charge >= 0.3 is 5.69 Å². The Balaban J connectivity index is 3.00. The molecule has 0 bridgehead atoms. The molecule has 94 valence electrons. The zero-order valence-electron chi connectivity index (χ0n) is 9.57. The quantitative estimate of drug-likeness (QED) is 0.601. The summed E-state index contributed by atoms with van der Waals surface area (Å²) in [7, 11) is 2.74. The molecule has 0 aliphatic heterocycles. The van der Waals surface area contributed by atoms with Crippen LogP contribution in [-0.2, 0) is 16.6 Å². The van der Waals surface area contributed by atoms with E-state index in [0.29, 0.717) is 0 Å².